The van der Waals surface area contributed by atoms with Crippen LogP contribution in [-0.4, -0.2) is 21.9 Å². The van der Waals surface area contributed by atoms with Crippen molar-refractivity contribution < 1.29 is 4.79 Å². The van der Waals surface area contributed by atoms with Gasteiger partial charge in [-0.25, -0.2) is 9.97 Å². The van der Waals surface area contributed by atoms with Crippen LogP contribution in [0.1, 0.15) is 19.4 Å². The van der Waals surface area contributed by atoms with Crippen molar-refractivity contribution in [2.24, 2.45) is 5.73 Å². The van der Waals surface area contributed by atoms with Gasteiger partial charge in [0, 0.05) is 5.56 Å². The zero-order valence-corrected chi connectivity index (χ0v) is 9.38. The van der Waals surface area contributed by atoms with Crippen molar-refractivity contribution in [3.05, 3.63) is 17.0 Å². The van der Waals surface area contributed by atoms with Crippen LogP contribution in [0, 0.1) is 0 Å². The second kappa shape index (κ2) is 4.93. The Balaban J connectivity index is 2.94. The van der Waals surface area contributed by atoms with Crippen molar-refractivity contribution in [2.75, 3.05) is 5.32 Å². The maximum absolute atomic E-state index is 10.9. The molecule has 0 aliphatic rings. The molecule has 1 atom stereocenters. The van der Waals surface area contributed by atoms with Gasteiger partial charge in [-0.1, -0.05) is 18.5 Å². The van der Waals surface area contributed by atoms with Crippen LogP contribution in [0.5, 0.6) is 0 Å². The maximum Gasteiger partial charge on any atom is 0.239 e. The van der Waals surface area contributed by atoms with E-state index >= 15 is 0 Å². The molecule has 0 aliphatic carbocycles. The van der Waals surface area contributed by atoms with Gasteiger partial charge in [0.05, 0.1) is 0 Å². The summed E-state index contributed by atoms with van der Waals surface area (Å²) in [5, 5.41) is 3.29. The predicted molar refractivity (Wildman–Crippen MR) is 58.7 cm³/mol. The molecule has 6 heteroatoms. The summed E-state index contributed by atoms with van der Waals surface area (Å²) < 4.78 is 0. The van der Waals surface area contributed by atoms with Crippen molar-refractivity contribution in [3.8, 4) is 0 Å². The van der Waals surface area contributed by atoms with E-state index < -0.39 is 11.9 Å². The van der Waals surface area contributed by atoms with Gasteiger partial charge in [0.25, 0.3) is 0 Å². The molecule has 1 amide bonds. The first-order valence-electron chi connectivity index (χ1n) is 4.61. The Labute approximate surface area is 93.0 Å². The monoisotopic (exact) mass is 228 g/mol. The Bertz CT molecular complexity index is 369. The number of amides is 1. The van der Waals surface area contributed by atoms with Crippen molar-refractivity contribution in [2.45, 2.75) is 26.3 Å². The number of aromatic nitrogens is 2. The Morgan fingerprint density at radius 3 is 2.87 bits per heavy atom. The van der Waals surface area contributed by atoms with Gasteiger partial charge in [-0.15, -0.1) is 0 Å². The van der Waals surface area contributed by atoms with Crippen LogP contribution in [0.2, 0.25) is 5.15 Å². The SMILES string of the molecule is CCc1c(Cl)ncnc1NC(C)C(N)=O. The van der Waals surface area contributed by atoms with Gasteiger partial charge in [-0.3, -0.25) is 4.79 Å². The highest BCUT2D eigenvalue weighted by Crippen LogP contribution is 2.20. The molecule has 0 fully saturated rings. The van der Waals surface area contributed by atoms with E-state index in [1.54, 1.807) is 6.92 Å². The van der Waals surface area contributed by atoms with E-state index in [0.29, 0.717) is 17.4 Å². The first-order valence-corrected chi connectivity index (χ1v) is 4.99. The maximum atomic E-state index is 10.9. The highest BCUT2D eigenvalue weighted by Gasteiger charge is 2.13. The van der Waals surface area contributed by atoms with Gasteiger partial charge in [0.1, 0.15) is 23.3 Å². The summed E-state index contributed by atoms with van der Waals surface area (Å²) in [4.78, 5) is 18.8. The number of nitrogens with two attached hydrogens (primary N) is 1. The number of anilines is 1. The van der Waals surface area contributed by atoms with Gasteiger partial charge >= 0.3 is 0 Å². The second-order valence-corrected chi connectivity index (χ2v) is 3.47. The third kappa shape index (κ3) is 2.79. The lowest BCUT2D eigenvalue weighted by atomic mass is 10.2. The number of halogens is 1. The Morgan fingerprint density at radius 2 is 2.33 bits per heavy atom. The van der Waals surface area contributed by atoms with Crippen LogP contribution >= 0.6 is 11.6 Å². The number of carbonyl (C=O) groups excluding carboxylic acids is 1. The first kappa shape index (κ1) is 11.7. The average Bonchev–Trinajstić information content (AvgIpc) is 2.18. The van der Waals surface area contributed by atoms with Crippen molar-refractivity contribution in [1.82, 2.24) is 9.97 Å². The van der Waals surface area contributed by atoms with Crippen LogP contribution in [0.25, 0.3) is 0 Å². The number of hydrogen-bond donors (Lipinski definition) is 2. The fraction of sp³-hybridized carbons (Fsp3) is 0.444. The normalized spacial score (nSPS) is 12.2. The van der Waals surface area contributed by atoms with E-state index in [4.69, 9.17) is 17.3 Å². The van der Waals surface area contributed by atoms with Crippen molar-refractivity contribution in [3.63, 3.8) is 0 Å². The lowest BCUT2D eigenvalue weighted by molar-refractivity contribution is -0.118. The van der Waals surface area contributed by atoms with Gasteiger partial charge < -0.3 is 11.1 Å². The Hall–Kier alpha value is -1.36. The lowest BCUT2D eigenvalue weighted by Gasteiger charge is -2.13. The average molecular weight is 229 g/mol. The van der Waals surface area contributed by atoms with Gasteiger partial charge in [-0.2, -0.15) is 0 Å². The van der Waals surface area contributed by atoms with E-state index in [1.807, 2.05) is 6.92 Å². The quantitative estimate of drug-likeness (QED) is 0.753. The van der Waals surface area contributed by atoms with E-state index in [0.717, 1.165) is 5.56 Å². The zero-order valence-electron chi connectivity index (χ0n) is 8.62. The Morgan fingerprint density at radius 1 is 1.67 bits per heavy atom. The van der Waals surface area contributed by atoms with Gasteiger partial charge in [-0.05, 0) is 13.3 Å². The molecule has 0 saturated carbocycles. The number of nitrogens with zero attached hydrogens (tertiary/aromatic N) is 2. The molecule has 0 radical (unpaired) electrons. The summed E-state index contributed by atoms with van der Waals surface area (Å²) in [5.74, 6) is 0.121. The fourth-order valence-electron chi connectivity index (χ4n) is 1.10. The number of carbonyl (C=O) groups is 1. The summed E-state index contributed by atoms with van der Waals surface area (Å²) in [5.41, 5.74) is 5.92. The minimum atomic E-state index is -0.485. The molecule has 0 spiro atoms. The molecule has 1 aromatic heterocycles. The molecule has 0 aromatic carbocycles. The number of rotatable bonds is 4. The molecule has 1 rings (SSSR count). The molecule has 0 aliphatic heterocycles. The minimum Gasteiger partial charge on any atom is -0.368 e. The Kier molecular flexibility index (Phi) is 3.85. The first-order chi connectivity index (χ1) is 7.06. The molecule has 1 heterocycles. The molecule has 3 N–H and O–H groups in total. The largest absolute Gasteiger partial charge is 0.368 e. The van der Waals surface area contributed by atoms with Crippen LogP contribution in [0.15, 0.2) is 6.33 Å². The molecular formula is C9H13ClN4O. The molecule has 15 heavy (non-hydrogen) atoms. The smallest absolute Gasteiger partial charge is 0.239 e. The van der Waals surface area contributed by atoms with Crippen LogP contribution in [-0.2, 0) is 11.2 Å². The topological polar surface area (TPSA) is 80.9 Å². The van der Waals surface area contributed by atoms with Crippen molar-refractivity contribution >= 4 is 23.3 Å². The number of nitrogens with one attached hydrogen (secondary N) is 1. The van der Waals surface area contributed by atoms with Crippen molar-refractivity contribution in [1.29, 1.82) is 0 Å². The fourth-order valence-corrected chi connectivity index (χ4v) is 1.37. The summed E-state index contributed by atoms with van der Waals surface area (Å²) in [6, 6.07) is -0.485. The summed E-state index contributed by atoms with van der Waals surface area (Å²) in [6.45, 7) is 3.60. The van der Waals surface area contributed by atoms with Gasteiger partial charge in [0.2, 0.25) is 5.91 Å². The third-order valence-electron chi connectivity index (χ3n) is 2.03. The number of primary amides is 1. The molecule has 82 valence electrons. The lowest BCUT2D eigenvalue weighted by Crippen LogP contribution is -2.33. The summed E-state index contributed by atoms with van der Waals surface area (Å²) in [7, 11) is 0. The van der Waals surface area contributed by atoms with Gasteiger partial charge in [0.15, 0.2) is 0 Å². The summed E-state index contributed by atoms with van der Waals surface area (Å²) >= 11 is 5.89. The minimum absolute atomic E-state index is 0.395. The second-order valence-electron chi connectivity index (χ2n) is 3.11. The zero-order chi connectivity index (χ0) is 11.4. The molecule has 1 aromatic rings. The molecule has 1 unspecified atom stereocenters. The highest BCUT2D eigenvalue weighted by molar-refractivity contribution is 6.30. The molecular weight excluding hydrogens is 216 g/mol. The highest BCUT2D eigenvalue weighted by atomic mass is 35.5. The van der Waals surface area contributed by atoms with Crippen LogP contribution < -0.4 is 11.1 Å². The molecule has 0 bridgehead atoms. The van der Waals surface area contributed by atoms with E-state index in [-0.39, 0.29) is 0 Å². The van der Waals surface area contributed by atoms with E-state index in [9.17, 15) is 4.79 Å². The third-order valence-corrected chi connectivity index (χ3v) is 2.35. The van der Waals surface area contributed by atoms with E-state index in [1.165, 1.54) is 6.33 Å². The standard InChI is InChI=1S/C9H13ClN4O/c1-3-6-7(10)12-4-13-9(6)14-5(2)8(11)15/h4-5H,3H2,1-2H3,(H2,11,15)(H,12,13,14). The number of hydrogen-bond acceptors (Lipinski definition) is 4. The summed E-state index contributed by atoms with van der Waals surface area (Å²) in [6.07, 6.45) is 2.03. The van der Waals surface area contributed by atoms with Crippen LogP contribution in [0.3, 0.4) is 0 Å². The molecule has 0 saturated heterocycles. The van der Waals surface area contributed by atoms with Crippen LogP contribution in [0.4, 0.5) is 5.82 Å². The van der Waals surface area contributed by atoms with E-state index in [2.05, 4.69) is 15.3 Å². The molecule has 5 nitrogen and oxygen atoms in total. The predicted octanol–water partition coefficient (Wildman–Crippen LogP) is 0.978.